The number of hydrogen-bond donors (Lipinski definition) is 1. The summed E-state index contributed by atoms with van der Waals surface area (Å²) in [5.74, 6) is -0.0162. The van der Waals surface area contributed by atoms with Crippen LogP contribution in [0.2, 0.25) is 0 Å². The Hall–Kier alpha value is -2.20. The van der Waals surface area contributed by atoms with Gasteiger partial charge in [-0.1, -0.05) is 18.2 Å². The summed E-state index contributed by atoms with van der Waals surface area (Å²) in [4.78, 5) is 18.4. The first-order valence-electron chi connectivity index (χ1n) is 7.57. The molecule has 0 bridgehead atoms. The third kappa shape index (κ3) is 2.29. The molecule has 0 unspecified atom stereocenters. The normalized spacial score (nSPS) is 13.8. The van der Waals surface area contributed by atoms with Gasteiger partial charge in [-0.3, -0.25) is 9.78 Å². The van der Waals surface area contributed by atoms with E-state index in [2.05, 4.69) is 10.3 Å². The predicted molar refractivity (Wildman–Crippen MR) is 90.7 cm³/mol. The van der Waals surface area contributed by atoms with E-state index < -0.39 is 0 Å². The average molecular weight is 308 g/mol. The van der Waals surface area contributed by atoms with Gasteiger partial charge in [0, 0.05) is 21.8 Å². The molecule has 0 saturated heterocycles. The van der Waals surface area contributed by atoms with Crippen LogP contribution in [0.3, 0.4) is 0 Å². The Balaban J connectivity index is 1.68. The highest BCUT2D eigenvalue weighted by Crippen LogP contribution is 2.31. The molecular weight excluding hydrogens is 292 g/mol. The van der Waals surface area contributed by atoms with E-state index in [1.807, 2.05) is 35.7 Å². The Labute approximate surface area is 133 Å². The lowest BCUT2D eigenvalue weighted by atomic mass is 9.95. The van der Waals surface area contributed by atoms with Crippen molar-refractivity contribution in [2.24, 2.45) is 0 Å². The van der Waals surface area contributed by atoms with Crippen molar-refractivity contribution in [3.05, 3.63) is 57.9 Å². The molecule has 110 valence electrons. The van der Waals surface area contributed by atoms with Crippen LogP contribution in [0, 0.1) is 0 Å². The zero-order valence-corrected chi connectivity index (χ0v) is 13.0. The lowest BCUT2D eigenvalue weighted by Crippen LogP contribution is -2.14. The number of aryl methyl sites for hydroxylation is 1. The van der Waals surface area contributed by atoms with Crippen LogP contribution < -0.4 is 5.32 Å². The van der Waals surface area contributed by atoms with Crippen molar-refractivity contribution in [3.63, 3.8) is 0 Å². The van der Waals surface area contributed by atoms with Gasteiger partial charge in [-0.2, -0.15) is 0 Å². The van der Waals surface area contributed by atoms with Crippen LogP contribution in [0.1, 0.15) is 33.6 Å². The first-order valence-corrected chi connectivity index (χ1v) is 8.45. The highest BCUT2D eigenvalue weighted by atomic mass is 32.1. The quantitative estimate of drug-likeness (QED) is 0.761. The molecular formula is C18H16N2OS. The van der Waals surface area contributed by atoms with Crippen molar-refractivity contribution in [2.75, 3.05) is 5.32 Å². The van der Waals surface area contributed by atoms with Gasteiger partial charge in [0.2, 0.25) is 0 Å². The number of rotatable bonds is 2. The number of benzene rings is 1. The standard InChI is InChI=1S/C18H16N2OS/c21-18(14-11-22-16-9-2-1-7-13(14)16)20-15-8-3-5-12-6-4-10-19-17(12)15/h3-6,8,10-11H,1-2,7,9H2,(H,20,21). The van der Waals surface area contributed by atoms with E-state index in [-0.39, 0.29) is 5.91 Å². The largest absolute Gasteiger partial charge is 0.320 e. The second-order valence-corrected chi connectivity index (χ2v) is 6.56. The van der Waals surface area contributed by atoms with E-state index in [0.717, 1.165) is 35.0 Å². The monoisotopic (exact) mass is 308 g/mol. The van der Waals surface area contributed by atoms with Gasteiger partial charge in [0.05, 0.1) is 16.8 Å². The minimum atomic E-state index is -0.0162. The molecule has 0 fully saturated rings. The first-order chi connectivity index (χ1) is 10.8. The summed E-state index contributed by atoms with van der Waals surface area (Å²) < 4.78 is 0. The number of anilines is 1. The van der Waals surface area contributed by atoms with Gasteiger partial charge in [-0.25, -0.2) is 0 Å². The lowest BCUT2D eigenvalue weighted by Gasteiger charge is -2.13. The number of nitrogens with zero attached hydrogens (tertiary/aromatic N) is 1. The number of aromatic nitrogens is 1. The van der Waals surface area contributed by atoms with E-state index >= 15 is 0 Å². The Morgan fingerprint density at radius 1 is 1.14 bits per heavy atom. The van der Waals surface area contributed by atoms with E-state index in [1.165, 1.54) is 23.3 Å². The molecule has 3 nitrogen and oxygen atoms in total. The molecule has 1 amide bonds. The maximum atomic E-state index is 12.7. The molecule has 0 saturated carbocycles. The summed E-state index contributed by atoms with van der Waals surface area (Å²) >= 11 is 1.72. The maximum absolute atomic E-state index is 12.7. The number of carbonyl (C=O) groups is 1. The van der Waals surface area contributed by atoms with E-state index in [1.54, 1.807) is 17.5 Å². The fourth-order valence-corrected chi connectivity index (χ4v) is 4.20. The molecule has 0 aliphatic heterocycles. The number of pyridine rings is 1. The van der Waals surface area contributed by atoms with Crippen molar-refractivity contribution in [1.29, 1.82) is 0 Å². The Bertz CT molecular complexity index is 848. The molecule has 4 heteroatoms. The summed E-state index contributed by atoms with van der Waals surface area (Å²) in [6.07, 6.45) is 6.31. The lowest BCUT2D eigenvalue weighted by molar-refractivity contribution is 0.102. The van der Waals surface area contributed by atoms with Gasteiger partial charge in [-0.05, 0) is 43.4 Å². The zero-order valence-electron chi connectivity index (χ0n) is 12.1. The minimum Gasteiger partial charge on any atom is -0.320 e. The molecule has 1 aliphatic rings. The van der Waals surface area contributed by atoms with E-state index in [9.17, 15) is 4.79 Å². The van der Waals surface area contributed by atoms with Crippen LogP contribution in [-0.4, -0.2) is 10.9 Å². The van der Waals surface area contributed by atoms with Crippen LogP contribution in [-0.2, 0) is 12.8 Å². The van der Waals surface area contributed by atoms with Gasteiger partial charge in [0.15, 0.2) is 0 Å². The van der Waals surface area contributed by atoms with Crippen molar-refractivity contribution in [3.8, 4) is 0 Å². The van der Waals surface area contributed by atoms with Crippen molar-refractivity contribution < 1.29 is 4.79 Å². The van der Waals surface area contributed by atoms with Crippen LogP contribution in [0.4, 0.5) is 5.69 Å². The molecule has 2 heterocycles. The van der Waals surface area contributed by atoms with Gasteiger partial charge >= 0.3 is 0 Å². The predicted octanol–water partition coefficient (Wildman–Crippen LogP) is 4.43. The highest BCUT2D eigenvalue weighted by molar-refractivity contribution is 7.10. The van der Waals surface area contributed by atoms with Gasteiger partial charge in [-0.15, -0.1) is 11.3 Å². The Kier molecular flexibility index (Phi) is 3.39. The molecule has 2 aromatic heterocycles. The Morgan fingerprint density at radius 3 is 2.95 bits per heavy atom. The SMILES string of the molecule is O=C(Nc1cccc2cccnc12)c1csc2c1CCCC2. The molecule has 0 atom stereocenters. The van der Waals surface area contributed by atoms with Gasteiger partial charge in [0.1, 0.15) is 0 Å². The number of hydrogen-bond acceptors (Lipinski definition) is 3. The number of thiophene rings is 1. The van der Waals surface area contributed by atoms with E-state index in [4.69, 9.17) is 0 Å². The van der Waals surface area contributed by atoms with E-state index in [0.29, 0.717) is 0 Å². The van der Waals surface area contributed by atoms with Crippen LogP contribution in [0.5, 0.6) is 0 Å². The molecule has 0 spiro atoms. The number of carbonyl (C=O) groups excluding carboxylic acids is 1. The number of nitrogens with one attached hydrogen (secondary N) is 1. The smallest absolute Gasteiger partial charge is 0.256 e. The highest BCUT2D eigenvalue weighted by Gasteiger charge is 2.20. The fraction of sp³-hybridized carbons (Fsp3) is 0.222. The number of amides is 1. The second kappa shape index (κ2) is 5.54. The van der Waals surface area contributed by atoms with Gasteiger partial charge in [0.25, 0.3) is 5.91 Å². The molecule has 1 aromatic carbocycles. The molecule has 4 rings (SSSR count). The fourth-order valence-electron chi connectivity index (χ4n) is 3.08. The third-order valence-corrected chi connectivity index (χ3v) is 5.28. The third-order valence-electron chi connectivity index (χ3n) is 4.19. The van der Waals surface area contributed by atoms with Crippen LogP contribution in [0.25, 0.3) is 10.9 Å². The molecule has 1 N–H and O–H groups in total. The zero-order chi connectivity index (χ0) is 14.9. The van der Waals surface area contributed by atoms with Crippen LogP contribution in [0.15, 0.2) is 41.9 Å². The first kappa shape index (κ1) is 13.5. The molecule has 0 radical (unpaired) electrons. The van der Waals surface area contributed by atoms with Crippen molar-refractivity contribution >= 4 is 33.8 Å². The maximum Gasteiger partial charge on any atom is 0.256 e. The number of para-hydroxylation sites is 1. The van der Waals surface area contributed by atoms with Gasteiger partial charge < -0.3 is 5.32 Å². The van der Waals surface area contributed by atoms with Crippen molar-refractivity contribution in [1.82, 2.24) is 4.98 Å². The summed E-state index contributed by atoms with van der Waals surface area (Å²) in [7, 11) is 0. The topological polar surface area (TPSA) is 42.0 Å². The minimum absolute atomic E-state index is 0.0162. The summed E-state index contributed by atoms with van der Waals surface area (Å²) in [6, 6.07) is 9.77. The second-order valence-electron chi connectivity index (χ2n) is 5.59. The molecule has 1 aliphatic carbocycles. The summed E-state index contributed by atoms with van der Waals surface area (Å²) in [5.41, 5.74) is 3.70. The number of fused-ring (bicyclic) bond motifs is 2. The summed E-state index contributed by atoms with van der Waals surface area (Å²) in [5, 5.41) is 6.08. The molecule has 22 heavy (non-hydrogen) atoms. The van der Waals surface area contributed by atoms with Crippen LogP contribution >= 0.6 is 11.3 Å². The molecule has 3 aromatic rings. The average Bonchev–Trinajstić information content (AvgIpc) is 2.99. The summed E-state index contributed by atoms with van der Waals surface area (Å²) in [6.45, 7) is 0. The van der Waals surface area contributed by atoms with Crippen molar-refractivity contribution in [2.45, 2.75) is 25.7 Å². The Morgan fingerprint density at radius 2 is 2.00 bits per heavy atom.